The van der Waals surface area contributed by atoms with Crippen LogP contribution in [0.15, 0.2) is 47.6 Å². The first-order valence-corrected chi connectivity index (χ1v) is 4.14. The molecule has 0 radical (unpaired) electrons. The van der Waals surface area contributed by atoms with Crippen molar-refractivity contribution < 1.29 is 5.21 Å². The number of hydrogen-bond donors (Lipinski definition) is 1. The van der Waals surface area contributed by atoms with Crippen LogP contribution >= 0.6 is 0 Å². The minimum atomic E-state index is 0.612. The molecule has 1 rings (SSSR count). The fourth-order valence-corrected chi connectivity index (χ4v) is 1.11. The first-order chi connectivity index (χ1) is 6.24. The van der Waals surface area contributed by atoms with E-state index in [2.05, 4.69) is 11.7 Å². The predicted molar refractivity (Wildman–Crippen MR) is 54.2 cm³/mol. The molecule has 0 atom stereocenters. The molecule has 0 bridgehead atoms. The molecule has 0 saturated carbocycles. The fraction of sp³-hybridized carbons (Fsp3) is 0.182. The van der Waals surface area contributed by atoms with Gasteiger partial charge in [0, 0.05) is 6.42 Å². The van der Waals surface area contributed by atoms with Gasteiger partial charge in [-0.3, -0.25) is 0 Å². The van der Waals surface area contributed by atoms with Gasteiger partial charge in [0.05, 0.1) is 5.71 Å². The monoisotopic (exact) mass is 175 g/mol. The fourth-order valence-electron chi connectivity index (χ4n) is 1.11. The lowest BCUT2D eigenvalue weighted by Gasteiger charge is -2.02. The molecule has 0 aliphatic rings. The van der Waals surface area contributed by atoms with Gasteiger partial charge in [-0.1, -0.05) is 47.6 Å². The second-order valence-electron chi connectivity index (χ2n) is 3.05. The van der Waals surface area contributed by atoms with Gasteiger partial charge < -0.3 is 5.21 Å². The summed E-state index contributed by atoms with van der Waals surface area (Å²) in [5, 5.41) is 12.0. The number of benzene rings is 1. The van der Waals surface area contributed by atoms with E-state index < -0.39 is 0 Å². The van der Waals surface area contributed by atoms with Crippen molar-refractivity contribution in [2.45, 2.75) is 13.3 Å². The van der Waals surface area contributed by atoms with Crippen molar-refractivity contribution in [3.05, 3.63) is 48.0 Å². The van der Waals surface area contributed by atoms with E-state index in [4.69, 9.17) is 5.21 Å². The number of oxime groups is 1. The van der Waals surface area contributed by atoms with Crippen LogP contribution in [0.2, 0.25) is 0 Å². The molecule has 0 aromatic heterocycles. The second kappa shape index (κ2) is 4.45. The lowest BCUT2D eigenvalue weighted by atomic mass is 10.0. The van der Waals surface area contributed by atoms with Gasteiger partial charge >= 0.3 is 0 Å². The Labute approximate surface area is 78.2 Å². The zero-order chi connectivity index (χ0) is 9.68. The number of allylic oxidation sites excluding steroid dienone is 1. The summed E-state index contributed by atoms with van der Waals surface area (Å²) in [4.78, 5) is 0. The molecule has 0 spiro atoms. The van der Waals surface area contributed by atoms with Crippen LogP contribution in [0.3, 0.4) is 0 Å². The van der Waals surface area contributed by atoms with Crippen molar-refractivity contribution in [1.82, 2.24) is 0 Å². The maximum absolute atomic E-state index is 8.78. The number of hydrogen-bond acceptors (Lipinski definition) is 2. The van der Waals surface area contributed by atoms with E-state index in [-0.39, 0.29) is 0 Å². The second-order valence-corrected chi connectivity index (χ2v) is 3.05. The van der Waals surface area contributed by atoms with Crippen LogP contribution in [-0.4, -0.2) is 10.9 Å². The Morgan fingerprint density at radius 2 is 2.00 bits per heavy atom. The number of rotatable bonds is 3. The van der Waals surface area contributed by atoms with Crippen molar-refractivity contribution in [3.63, 3.8) is 0 Å². The third kappa shape index (κ3) is 2.75. The molecule has 0 heterocycles. The molecule has 0 amide bonds. The highest BCUT2D eigenvalue weighted by Gasteiger charge is 2.02. The summed E-state index contributed by atoms with van der Waals surface area (Å²) in [5.41, 5.74) is 2.58. The van der Waals surface area contributed by atoms with Crippen LogP contribution in [0.25, 0.3) is 0 Å². The van der Waals surface area contributed by atoms with Gasteiger partial charge in [0.2, 0.25) is 0 Å². The predicted octanol–water partition coefficient (Wildman–Crippen LogP) is 2.83. The minimum absolute atomic E-state index is 0.612. The Hall–Kier alpha value is -1.57. The summed E-state index contributed by atoms with van der Waals surface area (Å²) >= 11 is 0. The molecule has 0 aliphatic heterocycles. The Balaban J connectivity index is 2.86. The molecule has 0 aliphatic carbocycles. The molecular weight excluding hydrogens is 162 g/mol. The Morgan fingerprint density at radius 3 is 2.46 bits per heavy atom. The number of nitrogens with zero attached hydrogens (tertiary/aromatic N) is 1. The summed E-state index contributed by atoms with van der Waals surface area (Å²) in [6.07, 6.45) is 0.612. The smallest absolute Gasteiger partial charge is 0.0907 e. The van der Waals surface area contributed by atoms with Gasteiger partial charge in [-0.05, 0) is 12.5 Å². The minimum Gasteiger partial charge on any atom is -0.411 e. The van der Waals surface area contributed by atoms with E-state index >= 15 is 0 Å². The summed E-state index contributed by atoms with van der Waals surface area (Å²) < 4.78 is 0. The van der Waals surface area contributed by atoms with Crippen LogP contribution in [0.5, 0.6) is 0 Å². The van der Waals surface area contributed by atoms with Crippen molar-refractivity contribution in [1.29, 1.82) is 0 Å². The quantitative estimate of drug-likeness (QED) is 0.326. The summed E-state index contributed by atoms with van der Waals surface area (Å²) in [5.74, 6) is 0. The van der Waals surface area contributed by atoms with Gasteiger partial charge in [0.15, 0.2) is 0 Å². The summed E-state index contributed by atoms with van der Waals surface area (Å²) in [6.45, 7) is 5.69. The molecule has 68 valence electrons. The van der Waals surface area contributed by atoms with E-state index in [0.29, 0.717) is 12.1 Å². The van der Waals surface area contributed by atoms with Crippen molar-refractivity contribution in [2.75, 3.05) is 0 Å². The van der Waals surface area contributed by atoms with Crippen LogP contribution in [0.1, 0.15) is 18.9 Å². The Kier molecular flexibility index (Phi) is 3.26. The molecule has 2 nitrogen and oxygen atoms in total. The molecular formula is C11H13NO. The van der Waals surface area contributed by atoms with Gasteiger partial charge in [-0.15, -0.1) is 0 Å². The first kappa shape index (κ1) is 9.52. The molecule has 2 heteroatoms. The van der Waals surface area contributed by atoms with Gasteiger partial charge in [-0.25, -0.2) is 0 Å². The van der Waals surface area contributed by atoms with E-state index in [1.54, 1.807) is 0 Å². The van der Waals surface area contributed by atoms with Gasteiger partial charge in [0.25, 0.3) is 0 Å². The van der Waals surface area contributed by atoms with E-state index in [9.17, 15) is 0 Å². The molecule has 1 aromatic rings. The highest BCUT2D eigenvalue weighted by atomic mass is 16.4. The van der Waals surface area contributed by atoms with E-state index in [1.165, 1.54) is 0 Å². The van der Waals surface area contributed by atoms with E-state index in [0.717, 1.165) is 11.1 Å². The Bertz CT molecular complexity index is 314. The van der Waals surface area contributed by atoms with E-state index in [1.807, 2.05) is 37.3 Å². The molecule has 0 saturated heterocycles. The summed E-state index contributed by atoms with van der Waals surface area (Å²) in [6, 6.07) is 9.59. The third-order valence-electron chi connectivity index (χ3n) is 1.70. The average Bonchev–Trinajstić information content (AvgIpc) is 2.15. The van der Waals surface area contributed by atoms with Crippen molar-refractivity contribution >= 4 is 5.71 Å². The molecule has 1 N–H and O–H groups in total. The maximum atomic E-state index is 8.78. The average molecular weight is 175 g/mol. The van der Waals surface area contributed by atoms with Gasteiger partial charge in [-0.2, -0.15) is 0 Å². The van der Waals surface area contributed by atoms with Crippen molar-refractivity contribution in [2.24, 2.45) is 5.16 Å². The lowest BCUT2D eigenvalue weighted by Crippen LogP contribution is -2.00. The standard InChI is InChI=1S/C11H13NO/c1-9(2)8-11(12-13)10-6-4-3-5-7-10/h3-7,13H,1,8H2,2H3/b12-11+. The summed E-state index contributed by atoms with van der Waals surface area (Å²) in [7, 11) is 0. The normalized spacial score (nSPS) is 11.3. The van der Waals surface area contributed by atoms with Crippen molar-refractivity contribution in [3.8, 4) is 0 Å². The molecule has 0 unspecified atom stereocenters. The van der Waals surface area contributed by atoms with Crippen LogP contribution in [0, 0.1) is 0 Å². The first-order valence-electron chi connectivity index (χ1n) is 4.14. The van der Waals surface area contributed by atoms with Gasteiger partial charge in [0.1, 0.15) is 0 Å². The molecule has 13 heavy (non-hydrogen) atoms. The largest absolute Gasteiger partial charge is 0.411 e. The SMILES string of the molecule is C=C(C)C/C(=N\O)c1ccccc1. The molecule has 1 aromatic carbocycles. The maximum Gasteiger partial charge on any atom is 0.0907 e. The zero-order valence-corrected chi connectivity index (χ0v) is 7.70. The lowest BCUT2D eigenvalue weighted by molar-refractivity contribution is 0.318. The third-order valence-corrected chi connectivity index (χ3v) is 1.70. The topological polar surface area (TPSA) is 32.6 Å². The highest BCUT2D eigenvalue weighted by Crippen LogP contribution is 2.08. The zero-order valence-electron chi connectivity index (χ0n) is 7.70. The van der Waals surface area contributed by atoms with Crippen LogP contribution < -0.4 is 0 Å². The molecule has 0 fully saturated rings. The van der Waals surface area contributed by atoms with Crippen LogP contribution in [-0.2, 0) is 0 Å². The van der Waals surface area contributed by atoms with Crippen LogP contribution in [0.4, 0.5) is 0 Å². The highest BCUT2D eigenvalue weighted by molar-refractivity contribution is 6.01. The Morgan fingerprint density at radius 1 is 1.38 bits per heavy atom.